The number of primary amides is 2. The molecule has 1 atom stereocenters. The van der Waals surface area contributed by atoms with E-state index in [1.165, 1.54) is 0 Å². The van der Waals surface area contributed by atoms with Crippen molar-refractivity contribution in [3.05, 3.63) is 0 Å². The topological polar surface area (TPSA) is 98.2 Å². The second kappa shape index (κ2) is 3.53. The van der Waals surface area contributed by atoms with Crippen molar-refractivity contribution in [3.8, 4) is 0 Å². The van der Waals surface area contributed by atoms with E-state index in [0.717, 1.165) is 12.8 Å². The van der Waals surface area contributed by atoms with Crippen molar-refractivity contribution in [2.24, 2.45) is 11.5 Å². The zero-order chi connectivity index (χ0) is 9.14. The van der Waals surface area contributed by atoms with Gasteiger partial charge in [0.1, 0.15) is 0 Å². The van der Waals surface area contributed by atoms with Crippen molar-refractivity contribution in [3.63, 3.8) is 0 Å². The summed E-state index contributed by atoms with van der Waals surface area (Å²) in [5, 5.41) is 2.95. The van der Waals surface area contributed by atoms with Crippen LogP contribution in [-0.4, -0.2) is 23.9 Å². The summed E-state index contributed by atoms with van der Waals surface area (Å²) in [6, 6.07) is -0.239. The molecule has 1 aliphatic carbocycles. The lowest BCUT2D eigenvalue weighted by Crippen LogP contribution is -2.44. The predicted octanol–water partition coefficient (Wildman–Crippen LogP) is -1.53. The van der Waals surface area contributed by atoms with Crippen LogP contribution in [0, 0.1) is 0 Å². The molecule has 0 heterocycles. The molecule has 0 aromatic carbocycles. The Balaban J connectivity index is 2.36. The Morgan fingerprint density at radius 3 is 2.33 bits per heavy atom. The van der Waals surface area contributed by atoms with Crippen LogP contribution in [0.1, 0.15) is 19.3 Å². The maximum Gasteiger partial charge on any atom is 0.235 e. The SMILES string of the molecule is NC(=O)CC(NC1CC1)C(N)=O. The summed E-state index contributed by atoms with van der Waals surface area (Å²) in [5.41, 5.74) is 9.99. The Bertz CT molecular complexity index is 201. The lowest BCUT2D eigenvalue weighted by atomic mass is 10.2. The first-order valence-electron chi connectivity index (χ1n) is 3.93. The standard InChI is InChI=1S/C7H13N3O2/c8-6(11)3-5(7(9)12)10-4-1-2-4/h4-5,10H,1-3H2,(H2,8,11)(H2,9,12). The Morgan fingerprint density at radius 2 is 2.00 bits per heavy atom. The fourth-order valence-electron chi connectivity index (χ4n) is 0.977. The predicted molar refractivity (Wildman–Crippen MR) is 43.0 cm³/mol. The minimum Gasteiger partial charge on any atom is -0.370 e. The Kier molecular flexibility index (Phi) is 2.65. The molecule has 5 N–H and O–H groups in total. The molecular weight excluding hydrogens is 158 g/mol. The van der Waals surface area contributed by atoms with E-state index >= 15 is 0 Å². The van der Waals surface area contributed by atoms with Crippen molar-refractivity contribution in [2.75, 3.05) is 0 Å². The first-order chi connectivity index (χ1) is 5.59. The number of carbonyl (C=O) groups is 2. The Hall–Kier alpha value is -1.10. The second-order valence-electron chi connectivity index (χ2n) is 3.07. The molecule has 1 aliphatic rings. The first kappa shape index (κ1) is 8.99. The van der Waals surface area contributed by atoms with Gasteiger partial charge in [-0.05, 0) is 12.8 Å². The number of hydrogen-bond acceptors (Lipinski definition) is 3. The molecule has 2 amide bonds. The summed E-state index contributed by atoms with van der Waals surface area (Å²) in [5.74, 6) is -1.02. The molecule has 0 aromatic heterocycles. The fraction of sp³-hybridized carbons (Fsp3) is 0.714. The van der Waals surface area contributed by atoms with E-state index in [1.54, 1.807) is 0 Å². The molecule has 1 fully saturated rings. The van der Waals surface area contributed by atoms with Gasteiger partial charge in [-0.1, -0.05) is 0 Å². The van der Waals surface area contributed by atoms with Crippen molar-refractivity contribution >= 4 is 11.8 Å². The van der Waals surface area contributed by atoms with E-state index in [9.17, 15) is 9.59 Å². The highest BCUT2D eigenvalue weighted by Crippen LogP contribution is 2.19. The molecule has 5 nitrogen and oxygen atoms in total. The average molecular weight is 171 g/mol. The van der Waals surface area contributed by atoms with Crippen LogP contribution in [0.25, 0.3) is 0 Å². The van der Waals surface area contributed by atoms with Crippen molar-refractivity contribution < 1.29 is 9.59 Å². The minimum atomic E-state index is -0.588. The number of amides is 2. The molecule has 1 rings (SSSR count). The third-order valence-corrected chi connectivity index (χ3v) is 1.76. The van der Waals surface area contributed by atoms with Crippen molar-refractivity contribution in [2.45, 2.75) is 31.3 Å². The van der Waals surface area contributed by atoms with Crippen LogP contribution < -0.4 is 16.8 Å². The van der Waals surface area contributed by atoms with Gasteiger partial charge in [0.2, 0.25) is 11.8 Å². The third-order valence-electron chi connectivity index (χ3n) is 1.76. The van der Waals surface area contributed by atoms with E-state index < -0.39 is 17.9 Å². The van der Waals surface area contributed by atoms with Gasteiger partial charge in [-0.25, -0.2) is 0 Å². The molecule has 5 heteroatoms. The van der Waals surface area contributed by atoms with Crippen LogP contribution in [0.5, 0.6) is 0 Å². The summed E-state index contributed by atoms with van der Waals surface area (Å²) in [6.07, 6.45) is 2.08. The molecule has 12 heavy (non-hydrogen) atoms. The minimum absolute atomic E-state index is 0.00810. The third kappa shape index (κ3) is 2.87. The quantitative estimate of drug-likeness (QED) is 0.468. The molecule has 1 unspecified atom stereocenters. The number of nitrogens with one attached hydrogen (secondary N) is 1. The molecule has 0 aliphatic heterocycles. The summed E-state index contributed by atoms with van der Waals surface area (Å²) in [4.78, 5) is 21.2. The zero-order valence-corrected chi connectivity index (χ0v) is 6.75. The van der Waals surface area contributed by atoms with Gasteiger partial charge in [-0.2, -0.15) is 0 Å². The Labute approximate surface area is 70.5 Å². The summed E-state index contributed by atoms with van der Waals surface area (Å²) in [7, 11) is 0. The Morgan fingerprint density at radius 1 is 1.42 bits per heavy atom. The van der Waals surface area contributed by atoms with Crippen LogP contribution in [0.15, 0.2) is 0 Å². The van der Waals surface area contributed by atoms with E-state index in [0.29, 0.717) is 6.04 Å². The lowest BCUT2D eigenvalue weighted by molar-refractivity contribution is -0.125. The van der Waals surface area contributed by atoms with Crippen molar-refractivity contribution in [1.82, 2.24) is 5.32 Å². The lowest BCUT2D eigenvalue weighted by Gasteiger charge is -2.12. The number of nitrogens with two attached hydrogens (primary N) is 2. The number of carbonyl (C=O) groups excluding carboxylic acids is 2. The van der Waals surface area contributed by atoms with Gasteiger partial charge in [0.25, 0.3) is 0 Å². The maximum absolute atomic E-state index is 10.8. The van der Waals surface area contributed by atoms with E-state index in [4.69, 9.17) is 11.5 Å². The number of rotatable bonds is 5. The smallest absolute Gasteiger partial charge is 0.235 e. The van der Waals surface area contributed by atoms with Gasteiger partial charge >= 0.3 is 0 Å². The summed E-state index contributed by atoms with van der Waals surface area (Å²) in [6.45, 7) is 0. The second-order valence-corrected chi connectivity index (χ2v) is 3.07. The van der Waals surface area contributed by atoms with Crippen LogP contribution in [-0.2, 0) is 9.59 Å². The molecule has 1 saturated carbocycles. The van der Waals surface area contributed by atoms with E-state index in [-0.39, 0.29) is 6.42 Å². The molecular formula is C7H13N3O2. The van der Waals surface area contributed by atoms with Gasteiger partial charge in [0, 0.05) is 6.04 Å². The molecule has 0 radical (unpaired) electrons. The summed E-state index contributed by atoms with van der Waals surface area (Å²) >= 11 is 0. The average Bonchev–Trinajstić information content (AvgIpc) is 2.68. The van der Waals surface area contributed by atoms with Gasteiger partial charge in [0.15, 0.2) is 0 Å². The zero-order valence-electron chi connectivity index (χ0n) is 6.75. The van der Waals surface area contributed by atoms with Crippen LogP contribution in [0.3, 0.4) is 0 Å². The number of hydrogen-bond donors (Lipinski definition) is 3. The maximum atomic E-state index is 10.8. The first-order valence-corrected chi connectivity index (χ1v) is 3.93. The van der Waals surface area contributed by atoms with Crippen molar-refractivity contribution in [1.29, 1.82) is 0 Å². The van der Waals surface area contributed by atoms with Gasteiger partial charge in [-0.15, -0.1) is 0 Å². The van der Waals surface area contributed by atoms with Crippen LogP contribution >= 0.6 is 0 Å². The highest BCUT2D eigenvalue weighted by atomic mass is 16.2. The molecule has 0 bridgehead atoms. The fourth-order valence-corrected chi connectivity index (χ4v) is 0.977. The van der Waals surface area contributed by atoms with Gasteiger partial charge in [-0.3, -0.25) is 9.59 Å². The van der Waals surface area contributed by atoms with Gasteiger partial charge in [0.05, 0.1) is 12.5 Å². The molecule has 0 saturated heterocycles. The van der Waals surface area contributed by atoms with E-state index in [2.05, 4.69) is 5.32 Å². The normalized spacial score (nSPS) is 18.7. The van der Waals surface area contributed by atoms with Gasteiger partial charge < -0.3 is 16.8 Å². The molecule has 68 valence electrons. The van der Waals surface area contributed by atoms with Crippen LogP contribution in [0.2, 0.25) is 0 Å². The van der Waals surface area contributed by atoms with E-state index in [1.807, 2.05) is 0 Å². The van der Waals surface area contributed by atoms with Crippen LogP contribution in [0.4, 0.5) is 0 Å². The highest BCUT2D eigenvalue weighted by molar-refractivity contribution is 5.86. The molecule has 0 spiro atoms. The summed E-state index contributed by atoms with van der Waals surface area (Å²) < 4.78 is 0. The molecule has 0 aromatic rings. The largest absolute Gasteiger partial charge is 0.370 e. The monoisotopic (exact) mass is 171 g/mol. The highest BCUT2D eigenvalue weighted by Gasteiger charge is 2.27.